The first-order chi connectivity index (χ1) is 10.2. The van der Waals surface area contributed by atoms with Gasteiger partial charge in [0.15, 0.2) is 0 Å². The Bertz CT molecular complexity index is 507. The van der Waals surface area contributed by atoms with E-state index in [9.17, 15) is 4.79 Å². The average Bonchev–Trinajstić information content (AvgIpc) is 2.48. The molecule has 0 radical (unpaired) electrons. The summed E-state index contributed by atoms with van der Waals surface area (Å²) in [6, 6.07) is 10.4. The lowest BCUT2D eigenvalue weighted by Crippen LogP contribution is -2.47. The van der Waals surface area contributed by atoms with Crippen molar-refractivity contribution in [2.75, 3.05) is 6.54 Å². The Labute approximate surface area is 126 Å². The summed E-state index contributed by atoms with van der Waals surface area (Å²) in [6.45, 7) is 4.47. The van der Waals surface area contributed by atoms with E-state index in [0.717, 1.165) is 13.0 Å². The second-order valence-electron chi connectivity index (χ2n) is 5.43. The van der Waals surface area contributed by atoms with Crippen molar-refractivity contribution in [1.29, 1.82) is 0 Å². The zero-order chi connectivity index (χ0) is 15.1. The smallest absolute Gasteiger partial charge is 0.302 e. The predicted molar refractivity (Wildman–Crippen MR) is 85.7 cm³/mol. The zero-order valence-corrected chi connectivity index (χ0v) is 12.7. The number of allylic oxidation sites excluding steroid dienone is 2. The molecule has 0 unspecified atom stereocenters. The van der Waals surface area contributed by atoms with Crippen molar-refractivity contribution in [2.24, 2.45) is 5.92 Å². The van der Waals surface area contributed by atoms with Gasteiger partial charge in [-0.05, 0) is 18.5 Å². The quantitative estimate of drug-likeness (QED) is 0.682. The molecule has 0 aliphatic carbocycles. The Morgan fingerprint density at radius 2 is 2.05 bits per heavy atom. The lowest BCUT2D eigenvalue weighted by molar-refractivity contribution is -0.150. The number of esters is 1. The summed E-state index contributed by atoms with van der Waals surface area (Å²) >= 11 is 0. The van der Waals surface area contributed by atoms with E-state index in [4.69, 9.17) is 4.74 Å². The molecule has 1 saturated heterocycles. The molecule has 3 atom stereocenters. The normalized spacial score (nSPS) is 26.3. The maximum Gasteiger partial charge on any atom is 0.302 e. The summed E-state index contributed by atoms with van der Waals surface area (Å²) < 4.78 is 5.38. The summed E-state index contributed by atoms with van der Waals surface area (Å²) in [7, 11) is 0. The second kappa shape index (κ2) is 7.79. The minimum absolute atomic E-state index is 0.0107. The SMILES string of the molecule is CC(=O)O[C@@H]1CCN[C@@H](/C=C/C=C/c2ccccc2)[C@@H]1C. The fourth-order valence-electron chi connectivity index (χ4n) is 2.61. The first-order valence-corrected chi connectivity index (χ1v) is 7.47. The molecule has 2 rings (SSSR count). The van der Waals surface area contributed by atoms with Crippen LogP contribution in [0.4, 0.5) is 0 Å². The average molecular weight is 285 g/mol. The Morgan fingerprint density at radius 3 is 2.76 bits per heavy atom. The van der Waals surface area contributed by atoms with Gasteiger partial charge < -0.3 is 10.1 Å². The number of carbonyl (C=O) groups is 1. The predicted octanol–water partition coefficient (Wildman–Crippen LogP) is 3.19. The lowest BCUT2D eigenvalue weighted by atomic mass is 9.89. The number of ether oxygens (including phenoxy) is 1. The third kappa shape index (κ3) is 4.87. The van der Waals surface area contributed by atoms with Crippen molar-refractivity contribution in [1.82, 2.24) is 5.32 Å². The van der Waals surface area contributed by atoms with Gasteiger partial charge in [0.25, 0.3) is 0 Å². The highest BCUT2D eigenvalue weighted by Gasteiger charge is 2.29. The van der Waals surface area contributed by atoms with Crippen LogP contribution in [0, 0.1) is 5.92 Å². The molecule has 112 valence electrons. The van der Waals surface area contributed by atoms with Crippen molar-refractivity contribution in [3.8, 4) is 0 Å². The molecule has 3 nitrogen and oxygen atoms in total. The van der Waals surface area contributed by atoms with Crippen LogP contribution in [0.15, 0.2) is 48.6 Å². The Hall–Kier alpha value is -1.87. The van der Waals surface area contributed by atoms with Gasteiger partial charge in [-0.15, -0.1) is 0 Å². The summed E-state index contributed by atoms with van der Waals surface area (Å²) in [5.41, 5.74) is 1.18. The molecule has 1 aromatic carbocycles. The first kappa shape index (κ1) is 15.5. The third-order valence-electron chi connectivity index (χ3n) is 3.80. The highest BCUT2D eigenvalue weighted by atomic mass is 16.5. The monoisotopic (exact) mass is 285 g/mol. The lowest BCUT2D eigenvalue weighted by Gasteiger charge is -2.34. The van der Waals surface area contributed by atoms with Gasteiger partial charge in [0, 0.05) is 18.9 Å². The molecule has 0 aromatic heterocycles. The molecule has 0 amide bonds. The Morgan fingerprint density at radius 1 is 1.29 bits per heavy atom. The summed E-state index contributed by atoms with van der Waals surface area (Å²) in [4.78, 5) is 11.1. The maximum absolute atomic E-state index is 11.1. The van der Waals surface area contributed by atoms with E-state index in [-0.39, 0.29) is 24.0 Å². The van der Waals surface area contributed by atoms with Crippen LogP contribution in [0.1, 0.15) is 25.8 Å². The molecule has 1 aliphatic rings. The van der Waals surface area contributed by atoms with E-state index < -0.39 is 0 Å². The summed E-state index contributed by atoms with van der Waals surface area (Å²) in [5, 5.41) is 3.46. The number of nitrogens with one attached hydrogen (secondary N) is 1. The van der Waals surface area contributed by atoms with Gasteiger partial charge in [-0.3, -0.25) is 4.79 Å². The summed E-state index contributed by atoms with van der Waals surface area (Å²) in [5.74, 6) is 0.0875. The van der Waals surface area contributed by atoms with Crippen LogP contribution in [0.2, 0.25) is 0 Å². The molecule has 1 N–H and O–H groups in total. The van der Waals surface area contributed by atoms with Crippen LogP contribution in [-0.2, 0) is 9.53 Å². The van der Waals surface area contributed by atoms with Crippen molar-refractivity contribution in [3.63, 3.8) is 0 Å². The minimum Gasteiger partial charge on any atom is -0.462 e. The first-order valence-electron chi connectivity index (χ1n) is 7.47. The molecular weight excluding hydrogens is 262 g/mol. The van der Waals surface area contributed by atoms with Gasteiger partial charge in [-0.2, -0.15) is 0 Å². The van der Waals surface area contributed by atoms with Crippen LogP contribution in [-0.4, -0.2) is 24.7 Å². The molecular formula is C18H23NO2. The van der Waals surface area contributed by atoms with Crippen LogP contribution >= 0.6 is 0 Å². The van der Waals surface area contributed by atoms with E-state index in [2.05, 4.69) is 42.6 Å². The largest absolute Gasteiger partial charge is 0.462 e. The molecule has 1 heterocycles. The molecule has 0 saturated carbocycles. The highest BCUT2D eigenvalue weighted by Crippen LogP contribution is 2.21. The number of benzene rings is 1. The maximum atomic E-state index is 11.1. The fraction of sp³-hybridized carbons (Fsp3) is 0.389. The van der Waals surface area contributed by atoms with E-state index in [1.54, 1.807) is 0 Å². The molecule has 0 spiro atoms. The van der Waals surface area contributed by atoms with E-state index in [1.165, 1.54) is 12.5 Å². The number of hydrogen-bond donors (Lipinski definition) is 1. The van der Waals surface area contributed by atoms with Gasteiger partial charge in [-0.25, -0.2) is 0 Å². The molecule has 21 heavy (non-hydrogen) atoms. The van der Waals surface area contributed by atoms with Crippen molar-refractivity contribution < 1.29 is 9.53 Å². The van der Waals surface area contributed by atoms with Crippen molar-refractivity contribution >= 4 is 12.0 Å². The minimum atomic E-state index is -0.194. The van der Waals surface area contributed by atoms with Crippen LogP contribution in [0.3, 0.4) is 0 Å². The zero-order valence-electron chi connectivity index (χ0n) is 12.7. The Balaban J connectivity index is 1.90. The fourth-order valence-corrected chi connectivity index (χ4v) is 2.61. The number of piperidine rings is 1. The number of hydrogen-bond acceptors (Lipinski definition) is 3. The van der Waals surface area contributed by atoms with Crippen LogP contribution in [0.25, 0.3) is 6.08 Å². The van der Waals surface area contributed by atoms with E-state index >= 15 is 0 Å². The van der Waals surface area contributed by atoms with Gasteiger partial charge >= 0.3 is 5.97 Å². The molecule has 1 aromatic rings. The van der Waals surface area contributed by atoms with Gasteiger partial charge in [0.05, 0.1) is 0 Å². The third-order valence-corrected chi connectivity index (χ3v) is 3.80. The molecule has 1 fully saturated rings. The molecule has 0 bridgehead atoms. The van der Waals surface area contributed by atoms with Crippen LogP contribution < -0.4 is 5.32 Å². The van der Waals surface area contributed by atoms with Crippen molar-refractivity contribution in [2.45, 2.75) is 32.4 Å². The number of rotatable bonds is 4. The van der Waals surface area contributed by atoms with Crippen molar-refractivity contribution in [3.05, 3.63) is 54.1 Å². The second-order valence-corrected chi connectivity index (χ2v) is 5.43. The molecule has 1 aliphatic heterocycles. The van der Waals surface area contributed by atoms with Crippen LogP contribution in [0.5, 0.6) is 0 Å². The van der Waals surface area contributed by atoms with E-state index in [1.807, 2.05) is 24.3 Å². The standard InChI is InChI=1S/C18H23NO2/c1-14-17(19-13-12-18(14)21-15(2)20)11-7-6-10-16-8-4-3-5-9-16/h3-11,14,17-19H,12-13H2,1-2H3/b10-6+,11-7+/t14-,17-,18+/m0/s1. The molecule has 3 heteroatoms. The van der Waals surface area contributed by atoms with E-state index in [0.29, 0.717) is 0 Å². The topological polar surface area (TPSA) is 38.3 Å². The van der Waals surface area contributed by atoms with Gasteiger partial charge in [0.2, 0.25) is 0 Å². The van der Waals surface area contributed by atoms with Gasteiger partial charge in [0.1, 0.15) is 6.10 Å². The Kier molecular flexibility index (Phi) is 5.76. The highest BCUT2D eigenvalue weighted by molar-refractivity contribution is 5.66. The van der Waals surface area contributed by atoms with Gasteiger partial charge in [-0.1, -0.05) is 61.6 Å². The summed E-state index contributed by atoms with van der Waals surface area (Å²) in [6.07, 6.45) is 9.20. The number of carbonyl (C=O) groups excluding carboxylic acids is 1.